The van der Waals surface area contributed by atoms with Gasteiger partial charge in [0.25, 0.3) is 5.91 Å². The molecule has 0 radical (unpaired) electrons. The zero-order valence-corrected chi connectivity index (χ0v) is 17.4. The molecule has 3 N–H and O–H groups in total. The van der Waals surface area contributed by atoms with Crippen molar-refractivity contribution in [2.45, 2.75) is 58.2 Å². The summed E-state index contributed by atoms with van der Waals surface area (Å²) in [5.74, 6) is -0.370. The molecule has 0 heterocycles. The van der Waals surface area contributed by atoms with Crippen molar-refractivity contribution in [1.82, 2.24) is 10.6 Å². The standard InChI is InChI=1S/C25H29N3O2/c1-2-24(22-12-11-20-5-3-4-6-21(20)13-22)28-25(30)23(14-26)16-27-15-18-7-9-19(17-29)10-8-18/h7-13,16,24,27,29H,2-6,15,17H2,1H3,(H,28,30)/b23-16-. The SMILES string of the molecule is CCC(NC(=O)/C(C#N)=C\NCc1ccc(CO)cc1)c1ccc2c(c1)CCCC2. The Morgan fingerprint density at radius 1 is 1.13 bits per heavy atom. The fraction of sp³-hybridized carbons (Fsp3) is 0.360. The van der Waals surface area contributed by atoms with E-state index in [-0.39, 0.29) is 24.1 Å². The molecule has 1 aliphatic carbocycles. The van der Waals surface area contributed by atoms with E-state index in [0.29, 0.717) is 6.54 Å². The average Bonchev–Trinajstić information content (AvgIpc) is 2.80. The maximum absolute atomic E-state index is 12.7. The van der Waals surface area contributed by atoms with Crippen molar-refractivity contribution in [3.63, 3.8) is 0 Å². The second-order valence-corrected chi connectivity index (χ2v) is 7.69. The topological polar surface area (TPSA) is 85.2 Å². The van der Waals surface area contributed by atoms with Gasteiger partial charge in [-0.25, -0.2) is 0 Å². The van der Waals surface area contributed by atoms with Gasteiger partial charge in [0.05, 0.1) is 12.6 Å². The van der Waals surface area contributed by atoms with E-state index in [1.165, 1.54) is 30.2 Å². The van der Waals surface area contributed by atoms with E-state index in [9.17, 15) is 10.1 Å². The van der Waals surface area contributed by atoms with Crippen molar-refractivity contribution in [3.05, 3.63) is 82.1 Å². The Morgan fingerprint density at radius 2 is 1.83 bits per heavy atom. The molecule has 1 amide bonds. The summed E-state index contributed by atoms with van der Waals surface area (Å²) in [4.78, 5) is 12.7. The van der Waals surface area contributed by atoms with E-state index in [0.717, 1.165) is 36.0 Å². The molecule has 0 saturated heterocycles. The third-order valence-electron chi connectivity index (χ3n) is 5.61. The van der Waals surface area contributed by atoms with Crippen LogP contribution in [0, 0.1) is 11.3 Å². The van der Waals surface area contributed by atoms with E-state index in [4.69, 9.17) is 5.11 Å². The van der Waals surface area contributed by atoms with Crippen LogP contribution in [0.5, 0.6) is 0 Å². The van der Waals surface area contributed by atoms with Crippen LogP contribution in [0.3, 0.4) is 0 Å². The molecule has 2 aromatic carbocycles. The predicted octanol–water partition coefficient (Wildman–Crippen LogP) is 3.82. The minimum Gasteiger partial charge on any atom is -0.392 e. The molecule has 2 aromatic rings. The number of fused-ring (bicyclic) bond motifs is 1. The molecule has 0 aliphatic heterocycles. The summed E-state index contributed by atoms with van der Waals surface area (Å²) in [6.07, 6.45) is 6.92. The normalized spacial score (nSPS) is 14.4. The van der Waals surface area contributed by atoms with Crippen molar-refractivity contribution >= 4 is 5.91 Å². The molecule has 5 heteroatoms. The number of rotatable bonds is 8. The van der Waals surface area contributed by atoms with Gasteiger partial charge >= 0.3 is 0 Å². The number of aryl methyl sites for hydroxylation is 2. The number of amides is 1. The molecular weight excluding hydrogens is 374 g/mol. The molecule has 0 saturated carbocycles. The zero-order valence-electron chi connectivity index (χ0n) is 17.4. The van der Waals surface area contributed by atoms with Gasteiger partial charge in [0.15, 0.2) is 0 Å². The van der Waals surface area contributed by atoms with Crippen molar-refractivity contribution in [2.75, 3.05) is 0 Å². The van der Waals surface area contributed by atoms with Crippen LogP contribution in [0.2, 0.25) is 0 Å². The van der Waals surface area contributed by atoms with Gasteiger partial charge in [0.1, 0.15) is 11.6 Å². The largest absolute Gasteiger partial charge is 0.392 e. The van der Waals surface area contributed by atoms with Crippen LogP contribution in [0.4, 0.5) is 0 Å². The van der Waals surface area contributed by atoms with Crippen LogP contribution >= 0.6 is 0 Å². The van der Waals surface area contributed by atoms with Crippen molar-refractivity contribution in [3.8, 4) is 6.07 Å². The summed E-state index contributed by atoms with van der Waals surface area (Å²) in [6.45, 7) is 2.54. The molecule has 1 aliphatic rings. The molecule has 1 unspecified atom stereocenters. The van der Waals surface area contributed by atoms with Crippen LogP contribution in [-0.4, -0.2) is 11.0 Å². The number of aliphatic hydroxyl groups is 1. The summed E-state index contributed by atoms with van der Waals surface area (Å²) < 4.78 is 0. The highest BCUT2D eigenvalue weighted by Crippen LogP contribution is 2.26. The number of nitrogens with zero attached hydrogens (tertiary/aromatic N) is 1. The summed E-state index contributed by atoms with van der Waals surface area (Å²) in [6, 6.07) is 15.9. The highest BCUT2D eigenvalue weighted by Gasteiger charge is 2.18. The number of aliphatic hydroxyl groups excluding tert-OH is 1. The van der Waals surface area contributed by atoms with Crippen molar-refractivity contribution in [2.24, 2.45) is 0 Å². The lowest BCUT2D eigenvalue weighted by Crippen LogP contribution is -2.30. The van der Waals surface area contributed by atoms with Crippen molar-refractivity contribution in [1.29, 1.82) is 5.26 Å². The fourth-order valence-corrected chi connectivity index (χ4v) is 3.81. The van der Waals surface area contributed by atoms with Gasteiger partial charge in [0.2, 0.25) is 0 Å². The molecule has 1 atom stereocenters. The zero-order chi connectivity index (χ0) is 21.3. The molecule has 0 fully saturated rings. The second kappa shape index (κ2) is 10.6. The summed E-state index contributed by atoms with van der Waals surface area (Å²) in [5.41, 5.74) is 5.80. The molecular formula is C25H29N3O2. The number of carbonyl (C=O) groups excluding carboxylic acids is 1. The third-order valence-corrected chi connectivity index (χ3v) is 5.61. The van der Waals surface area contributed by atoms with E-state index in [1.54, 1.807) is 0 Å². The Hall–Kier alpha value is -3.10. The van der Waals surface area contributed by atoms with Crippen LogP contribution in [0.15, 0.2) is 54.2 Å². The first-order valence-electron chi connectivity index (χ1n) is 10.6. The Balaban J connectivity index is 1.62. The first-order valence-corrected chi connectivity index (χ1v) is 10.6. The number of hydrogen-bond donors (Lipinski definition) is 3. The fourth-order valence-electron chi connectivity index (χ4n) is 3.81. The van der Waals surface area contributed by atoms with Gasteiger partial charge in [-0.2, -0.15) is 5.26 Å². The Kier molecular flexibility index (Phi) is 7.64. The summed E-state index contributed by atoms with van der Waals surface area (Å²) in [7, 11) is 0. The monoisotopic (exact) mass is 403 g/mol. The first-order chi connectivity index (χ1) is 14.6. The van der Waals surface area contributed by atoms with Gasteiger partial charge in [0, 0.05) is 12.7 Å². The third kappa shape index (κ3) is 5.49. The first kappa shape index (κ1) is 21.6. The van der Waals surface area contributed by atoms with Crippen molar-refractivity contribution < 1.29 is 9.90 Å². The van der Waals surface area contributed by atoms with E-state index in [1.807, 2.05) is 37.3 Å². The highest BCUT2D eigenvalue weighted by atomic mass is 16.3. The van der Waals surface area contributed by atoms with E-state index in [2.05, 4.69) is 28.8 Å². The molecule has 0 aromatic heterocycles. The second-order valence-electron chi connectivity index (χ2n) is 7.69. The number of hydrogen-bond acceptors (Lipinski definition) is 4. The van der Waals surface area contributed by atoms with Crippen LogP contribution in [0.25, 0.3) is 0 Å². The molecule has 3 rings (SSSR count). The van der Waals surface area contributed by atoms with Gasteiger partial charge in [-0.1, -0.05) is 49.4 Å². The van der Waals surface area contributed by atoms with Gasteiger partial charge < -0.3 is 15.7 Å². The average molecular weight is 404 g/mol. The number of benzene rings is 2. The maximum Gasteiger partial charge on any atom is 0.263 e. The molecule has 0 spiro atoms. The number of nitrogens with one attached hydrogen (secondary N) is 2. The van der Waals surface area contributed by atoms with Crippen LogP contribution in [-0.2, 0) is 30.8 Å². The maximum atomic E-state index is 12.7. The molecule has 30 heavy (non-hydrogen) atoms. The number of nitriles is 1. The van der Waals surface area contributed by atoms with Crippen LogP contribution < -0.4 is 10.6 Å². The Morgan fingerprint density at radius 3 is 2.50 bits per heavy atom. The minimum absolute atomic E-state index is 0.00911. The van der Waals surface area contributed by atoms with Crippen LogP contribution in [0.1, 0.15) is 60.0 Å². The summed E-state index contributed by atoms with van der Waals surface area (Å²) >= 11 is 0. The Labute approximate surface area is 178 Å². The lowest BCUT2D eigenvalue weighted by Gasteiger charge is -2.21. The predicted molar refractivity (Wildman–Crippen MR) is 117 cm³/mol. The number of carbonyl (C=O) groups is 1. The van der Waals surface area contributed by atoms with Gasteiger partial charge in [-0.3, -0.25) is 4.79 Å². The summed E-state index contributed by atoms with van der Waals surface area (Å²) in [5, 5.41) is 24.6. The molecule has 156 valence electrons. The molecule has 5 nitrogen and oxygen atoms in total. The lowest BCUT2D eigenvalue weighted by atomic mass is 9.88. The quantitative estimate of drug-likeness (QED) is 0.462. The highest BCUT2D eigenvalue weighted by molar-refractivity contribution is 5.97. The Bertz CT molecular complexity index is 942. The lowest BCUT2D eigenvalue weighted by molar-refractivity contribution is -0.117. The van der Waals surface area contributed by atoms with E-state index >= 15 is 0 Å². The molecule has 0 bridgehead atoms. The van der Waals surface area contributed by atoms with E-state index < -0.39 is 0 Å². The minimum atomic E-state index is -0.370. The smallest absolute Gasteiger partial charge is 0.263 e. The van der Waals surface area contributed by atoms with Gasteiger partial charge in [-0.05, 0) is 59.9 Å². The van der Waals surface area contributed by atoms with Gasteiger partial charge in [-0.15, -0.1) is 0 Å².